The Morgan fingerprint density at radius 2 is 2.08 bits per heavy atom. The fraction of sp³-hybridized carbons (Fsp3) is 0.133. The smallest absolute Gasteiger partial charge is 0.238 e. The van der Waals surface area contributed by atoms with Crippen molar-refractivity contribution in [1.29, 1.82) is 10.5 Å². The molecule has 0 fully saturated rings. The number of hydrogen-bond donors (Lipinski definition) is 2. The third kappa shape index (κ3) is 4.13. The van der Waals surface area contributed by atoms with Crippen LogP contribution in [0.1, 0.15) is 18.1 Å². The minimum atomic E-state index is -0.561. The summed E-state index contributed by atoms with van der Waals surface area (Å²) in [6, 6.07) is 8.36. The summed E-state index contributed by atoms with van der Waals surface area (Å²) in [6.07, 6.45) is 1.42. The number of hydrogen-bond acceptors (Lipinski definition) is 7. The van der Waals surface area contributed by atoms with Gasteiger partial charge in [0.05, 0.1) is 21.4 Å². The third-order valence-electron chi connectivity index (χ3n) is 2.89. The van der Waals surface area contributed by atoms with Crippen LogP contribution in [0.5, 0.6) is 0 Å². The first-order valence-corrected chi connectivity index (χ1v) is 7.90. The average Bonchev–Trinajstić information content (AvgIpc) is 2.57. The van der Waals surface area contributed by atoms with Crippen molar-refractivity contribution in [2.24, 2.45) is 0 Å². The Kier molecular flexibility index (Phi) is 5.59. The maximum Gasteiger partial charge on any atom is 0.238 e. The van der Waals surface area contributed by atoms with Crippen LogP contribution >= 0.6 is 23.4 Å². The molecule has 3 N–H and O–H groups in total. The van der Waals surface area contributed by atoms with Gasteiger partial charge in [-0.1, -0.05) is 23.4 Å². The normalized spacial score (nSPS) is 11.2. The first kappa shape index (κ1) is 17.5. The molecule has 0 unspecified atom stereocenters. The lowest BCUT2D eigenvalue weighted by molar-refractivity contribution is -0.115. The van der Waals surface area contributed by atoms with Crippen molar-refractivity contribution in [3.05, 3.63) is 40.5 Å². The first-order valence-electron chi connectivity index (χ1n) is 6.64. The Hall–Kier alpha value is -2.81. The van der Waals surface area contributed by atoms with Gasteiger partial charge in [-0.15, -0.1) is 0 Å². The highest BCUT2D eigenvalue weighted by molar-refractivity contribution is 8.00. The van der Waals surface area contributed by atoms with E-state index in [0.29, 0.717) is 15.9 Å². The number of aromatic nitrogens is 2. The summed E-state index contributed by atoms with van der Waals surface area (Å²) in [4.78, 5) is 20.2. The van der Waals surface area contributed by atoms with Crippen LogP contribution in [0.4, 0.5) is 11.6 Å². The summed E-state index contributed by atoms with van der Waals surface area (Å²) in [5.41, 5.74) is 5.98. The number of halogens is 1. The molecule has 24 heavy (non-hydrogen) atoms. The topological polar surface area (TPSA) is 128 Å². The zero-order chi connectivity index (χ0) is 17.7. The number of nitrogens with two attached hydrogens (primary N) is 1. The highest BCUT2D eigenvalue weighted by atomic mass is 35.5. The molecule has 0 bridgehead atoms. The summed E-state index contributed by atoms with van der Waals surface area (Å²) in [6.45, 7) is 1.66. The zero-order valence-corrected chi connectivity index (χ0v) is 14.0. The fourth-order valence-electron chi connectivity index (χ4n) is 1.67. The predicted molar refractivity (Wildman–Crippen MR) is 91.3 cm³/mol. The van der Waals surface area contributed by atoms with Gasteiger partial charge in [-0.3, -0.25) is 4.79 Å². The molecule has 0 saturated heterocycles. The number of nitrogens with zero attached hydrogens (tertiary/aromatic N) is 4. The van der Waals surface area contributed by atoms with Gasteiger partial charge < -0.3 is 11.1 Å². The monoisotopic (exact) mass is 358 g/mol. The molecule has 0 aliphatic carbocycles. The molecule has 1 amide bonds. The largest absolute Gasteiger partial charge is 0.383 e. The maximum absolute atomic E-state index is 12.2. The maximum atomic E-state index is 12.2. The Balaban J connectivity index is 2.14. The zero-order valence-electron chi connectivity index (χ0n) is 12.4. The minimum absolute atomic E-state index is 0.0194. The molecule has 0 aromatic carbocycles. The number of anilines is 2. The number of thioether (sulfide) groups is 1. The van der Waals surface area contributed by atoms with Crippen molar-refractivity contribution >= 4 is 40.9 Å². The summed E-state index contributed by atoms with van der Waals surface area (Å²) >= 11 is 6.81. The van der Waals surface area contributed by atoms with Crippen LogP contribution in [0.2, 0.25) is 5.02 Å². The number of nitrogen functional groups attached to an aromatic ring is 1. The van der Waals surface area contributed by atoms with Crippen LogP contribution in [-0.2, 0) is 4.79 Å². The SMILES string of the molecule is C[C@H](Sc1nc(N)c(C#N)cc1C#N)C(=O)Nc1ccc(Cl)cn1. The molecule has 7 nitrogen and oxygen atoms in total. The van der Waals surface area contributed by atoms with Gasteiger partial charge in [0.2, 0.25) is 5.91 Å². The predicted octanol–water partition coefficient (Wildman–Crippen LogP) is 2.57. The van der Waals surface area contributed by atoms with Crippen molar-refractivity contribution in [2.45, 2.75) is 17.2 Å². The molecule has 2 aromatic rings. The number of carbonyl (C=O) groups is 1. The third-order valence-corrected chi connectivity index (χ3v) is 4.22. The Bertz CT molecular complexity index is 856. The van der Waals surface area contributed by atoms with Crippen molar-refractivity contribution < 1.29 is 4.79 Å². The number of nitriles is 2. The van der Waals surface area contributed by atoms with Crippen molar-refractivity contribution in [3.8, 4) is 12.1 Å². The van der Waals surface area contributed by atoms with Crippen LogP contribution in [0, 0.1) is 22.7 Å². The van der Waals surface area contributed by atoms with Gasteiger partial charge in [0, 0.05) is 6.20 Å². The van der Waals surface area contributed by atoms with Gasteiger partial charge in [-0.05, 0) is 25.1 Å². The van der Waals surface area contributed by atoms with E-state index in [1.165, 1.54) is 12.3 Å². The van der Waals surface area contributed by atoms with Crippen LogP contribution < -0.4 is 11.1 Å². The van der Waals surface area contributed by atoms with E-state index in [9.17, 15) is 4.79 Å². The van der Waals surface area contributed by atoms with Crippen LogP contribution in [0.15, 0.2) is 29.4 Å². The molecule has 0 aliphatic heterocycles. The fourth-order valence-corrected chi connectivity index (χ4v) is 2.66. The molecule has 1 atom stereocenters. The number of nitrogens with one attached hydrogen (secondary N) is 1. The molecule has 9 heteroatoms. The molecule has 0 spiro atoms. The van der Waals surface area contributed by atoms with Gasteiger partial charge >= 0.3 is 0 Å². The highest BCUT2D eigenvalue weighted by Gasteiger charge is 2.19. The second kappa shape index (κ2) is 7.64. The molecule has 0 aliphatic rings. The van der Waals surface area contributed by atoms with Crippen molar-refractivity contribution in [2.75, 3.05) is 11.1 Å². The van der Waals surface area contributed by atoms with Crippen LogP contribution in [-0.4, -0.2) is 21.1 Å². The Morgan fingerprint density at radius 3 is 2.67 bits per heavy atom. The first-order chi connectivity index (χ1) is 11.4. The summed E-state index contributed by atoms with van der Waals surface area (Å²) < 4.78 is 0. The molecule has 2 aromatic heterocycles. The Labute approximate surface area is 147 Å². The average molecular weight is 359 g/mol. The second-order valence-corrected chi connectivity index (χ2v) is 6.37. The lowest BCUT2D eigenvalue weighted by atomic mass is 10.2. The van der Waals surface area contributed by atoms with E-state index in [2.05, 4.69) is 15.3 Å². The van der Waals surface area contributed by atoms with E-state index in [-0.39, 0.29) is 22.9 Å². The molecule has 0 radical (unpaired) electrons. The summed E-state index contributed by atoms with van der Waals surface area (Å²) in [5.74, 6) is 0.0686. The Morgan fingerprint density at radius 1 is 1.38 bits per heavy atom. The second-order valence-electron chi connectivity index (χ2n) is 4.61. The quantitative estimate of drug-likeness (QED) is 0.803. The minimum Gasteiger partial charge on any atom is -0.383 e. The van der Waals surface area contributed by atoms with E-state index in [1.54, 1.807) is 19.1 Å². The number of pyridine rings is 2. The van der Waals surface area contributed by atoms with Crippen LogP contribution in [0.25, 0.3) is 0 Å². The van der Waals surface area contributed by atoms with Gasteiger partial charge in [-0.25, -0.2) is 9.97 Å². The van der Waals surface area contributed by atoms with E-state index in [4.69, 9.17) is 27.9 Å². The van der Waals surface area contributed by atoms with E-state index in [0.717, 1.165) is 11.8 Å². The van der Waals surface area contributed by atoms with Gasteiger partial charge in [-0.2, -0.15) is 10.5 Å². The molecular formula is C15H11ClN6OS. The summed E-state index contributed by atoms with van der Waals surface area (Å²) in [5, 5.41) is 20.9. The van der Waals surface area contributed by atoms with Gasteiger partial charge in [0.1, 0.15) is 28.8 Å². The summed E-state index contributed by atoms with van der Waals surface area (Å²) in [7, 11) is 0. The molecular weight excluding hydrogens is 348 g/mol. The van der Waals surface area contributed by atoms with Gasteiger partial charge in [0.25, 0.3) is 0 Å². The highest BCUT2D eigenvalue weighted by Crippen LogP contribution is 2.28. The van der Waals surface area contributed by atoms with Crippen molar-refractivity contribution in [1.82, 2.24) is 9.97 Å². The molecule has 120 valence electrons. The number of amides is 1. The standard InChI is InChI=1S/C15H11ClN6OS/c1-8(14(23)21-12-3-2-11(16)7-20-12)24-15-10(6-18)4-9(5-17)13(19)22-15/h2-4,7-8H,1H3,(H2,19,22)(H,20,21,23)/t8-/m0/s1. The number of carbonyl (C=O) groups excluding carboxylic acids is 1. The van der Waals surface area contributed by atoms with Gasteiger partial charge in [0.15, 0.2) is 0 Å². The van der Waals surface area contributed by atoms with E-state index >= 15 is 0 Å². The van der Waals surface area contributed by atoms with E-state index < -0.39 is 5.25 Å². The molecule has 2 heterocycles. The molecule has 2 rings (SSSR count). The van der Waals surface area contributed by atoms with E-state index in [1.807, 2.05) is 12.1 Å². The number of rotatable bonds is 4. The molecule has 0 saturated carbocycles. The lowest BCUT2D eigenvalue weighted by Gasteiger charge is -2.12. The van der Waals surface area contributed by atoms with Crippen LogP contribution in [0.3, 0.4) is 0 Å². The van der Waals surface area contributed by atoms with Crippen molar-refractivity contribution in [3.63, 3.8) is 0 Å². The lowest BCUT2D eigenvalue weighted by Crippen LogP contribution is -2.23.